The summed E-state index contributed by atoms with van der Waals surface area (Å²) >= 11 is 0. The lowest BCUT2D eigenvalue weighted by Crippen LogP contribution is -2.20. The van der Waals surface area contributed by atoms with Gasteiger partial charge in [0.1, 0.15) is 12.3 Å². The van der Waals surface area contributed by atoms with Gasteiger partial charge in [-0.2, -0.15) is 0 Å². The van der Waals surface area contributed by atoms with Gasteiger partial charge in [0.25, 0.3) is 0 Å². The number of amides is 1. The van der Waals surface area contributed by atoms with Crippen molar-refractivity contribution in [3.63, 3.8) is 0 Å². The number of rotatable bonds is 10. The first-order valence-electron chi connectivity index (χ1n) is 10.1. The van der Waals surface area contributed by atoms with E-state index in [9.17, 15) is 9.59 Å². The number of nitrogens with one attached hydrogen (secondary N) is 2. The second kappa shape index (κ2) is 10.1. The number of pyridine rings is 1. The SMILES string of the molecule is COCC(=O)Nc1c(C(=O)OC)n(CCC(C)C)c2ncc(NCc3ccoc3)cc12. The molecule has 0 spiro atoms. The number of carbonyl (C=O) groups excluding carboxylic acids is 2. The Hall–Kier alpha value is -3.33. The van der Waals surface area contributed by atoms with E-state index in [0.717, 1.165) is 17.7 Å². The van der Waals surface area contributed by atoms with Gasteiger partial charge in [0.05, 0.1) is 37.2 Å². The number of aryl methyl sites for hydroxylation is 1. The Kier molecular flexibility index (Phi) is 7.30. The molecule has 0 bridgehead atoms. The Balaban J connectivity index is 2.07. The Morgan fingerprint density at radius 3 is 2.74 bits per heavy atom. The quantitative estimate of drug-likeness (QED) is 0.475. The normalized spacial score (nSPS) is 11.1. The summed E-state index contributed by atoms with van der Waals surface area (Å²) in [5.74, 6) is -0.486. The van der Waals surface area contributed by atoms with Crippen molar-refractivity contribution in [3.05, 3.63) is 42.1 Å². The van der Waals surface area contributed by atoms with Crippen LogP contribution in [0.2, 0.25) is 0 Å². The molecule has 0 saturated carbocycles. The molecule has 0 atom stereocenters. The molecule has 0 aliphatic carbocycles. The fourth-order valence-corrected chi connectivity index (χ4v) is 3.27. The van der Waals surface area contributed by atoms with Gasteiger partial charge in [-0.1, -0.05) is 13.8 Å². The van der Waals surface area contributed by atoms with E-state index in [0.29, 0.717) is 35.7 Å². The number of anilines is 2. The molecule has 0 aliphatic heterocycles. The summed E-state index contributed by atoms with van der Waals surface area (Å²) < 4.78 is 16.9. The highest BCUT2D eigenvalue weighted by atomic mass is 16.5. The van der Waals surface area contributed by atoms with Crippen LogP contribution in [0, 0.1) is 5.92 Å². The molecule has 3 aromatic heterocycles. The second-order valence-corrected chi connectivity index (χ2v) is 7.61. The molecule has 2 N–H and O–H groups in total. The predicted octanol–water partition coefficient (Wildman–Crippen LogP) is 3.66. The van der Waals surface area contributed by atoms with Crippen LogP contribution in [0.1, 0.15) is 36.3 Å². The maximum atomic E-state index is 12.7. The van der Waals surface area contributed by atoms with Gasteiger partial charge in [-0.25, -0.2) is 9.78 Å². The number of esters is 1. The van der Waals surface area contributed by atoms with Gasteiger partial charge >= 0.3 is 5.97 Å². The summed E-state index contributed by atoms with van der Waals surface area (Å²) in [6.07, 6.45) is 5.81. The molecule has 3 rings (SSSR count). The summed E-state index contributed by atoms with van der Waals surface area (Å²) in [6, 6.07) is 3.73. The van der Waals surface area contributed by atoms with Crippen LogP contribution in [0.4, 0.5) is 11.4 Å². The zero-order valence-electron chi connectivity index (χ0n) is 18.2. The molecule has 0 fully saturated rings. The largest absolute Gasteiger partial charge is 0.472 e. The maximum Gasteiger partial charge on any atom is 0.356 e. The zero-order valence-corrected chi connectivity index (χ0v) is 18.2. The summed E-state index contributed by atoms with van der Waals surface area (Å²) in [7, 11) is 2.75. The first-order valence-corrected chi connectivity index (χ1v) is 10.1. The predicted molar refractivity (Wildman–Crippen MR) is 117 cm³/mol. The standard InChI is InChI=1S/C22H28N4O5/c1-14(2)5-7-26-20(22(28)30-4)19(25-18(27)13-29-3)17-9-16(11-24-21(17)26)23-10-15-6-8-31-12-15/h6,8-9,11-12,14,23H,5,7,10,13H2,1-4H3,(H,25,27). The van der Waals surface area contributed by atoms with Crippen molar-refractivity contribution < 1.29 is 23.5 Å². The summed E-state index contributed by atoms with van der Waals surface area (Å²) in [5, 5.41) is 6.73. The molecule has 166 valence electrons. The van der Waals surface area contributed by atoms with Crippen LogP contribution in [-0.4, -0.2) is 42.3 Å². The number of fused-ring (bicyclic) bond motifs is 1. The van der Waals surface area contributed by atoms with Crippen LogP contribution < -0.4 is 10.6 Å². The smallest absolute Gasteiger partial charge is 0.356 e. The Labute approximate surface area is 180 Å². The van der Waals surface area contributed by atoms with Crippen molar-refractivity contribution in [1.29, 1.82) is 0 Å². The van der Waals surface area contributed by atoms with E-state index in [1.165, 1.54) is 14.2 Å². The minimum Gasteiger partial charge on any atom is -0.472 e. The lowest BCUT2D eigenvalue weighted by Gasteiger charge is -2.12. The zero-order chi connectivity index (χ0) is 22.4. The minimum absolute atomic E-state index is 0.134. The minimum atomic E-state index is -0.539. The Bertz CT molecular complexity index is 1040. The van der Waals surface area contributed by atoms with Crippen LogP contribution in [0.15, 0.2) is 35.3 Å². The number of hydrogen-bond acceptors (Lipinski definition) is 7. The number of nitrogens with zero attached hydrogens (tertiary/aromatic N) is 2. The fourth-order valence-electron chi connectivity index (χ4n) is 3.27. The third-order valence-corrected chi connectivity index (χ3v) is 4.82. The van der Waals surface area contributed by atoms with Crippen LogP contribution in [0.25, 0.3) is 11.0 Å². The van der Waals surface area contributed by atoms with Crippen LogP contribution in [0.3, 0.4) is 0 Å². The second-order valence-electron chi connectivity index (χ2n) is 7.61. The molecule has 1 amide bonds. The van der Waals surface area contributed by atoms with Crippen LogP contribution in [-0.2, 0) is 27.4 Å². The van der Waals surface area contributed by atoms with E-state index in [4.69, 9.17) is 13.9 Å². The molecule has 0 aliphatic rings. The Morgan fingerprint density at radius 2 is 2.10 bits per heavy atom. The van der Waals surface area contributed by atoms with E-state index < -0.39 is 5.97 Å². The molecule has 9 heteroatoms. The van der Waals surface area contributed by atoms with Gasteiger partial charge in [-0.3, -0.25) is 4.79 Å². The molecular weight excluding hydrogens is 400 g/mol. The third-order valence-electron chi connectivity index (χ3n) is 4.82. The number of furan rings is 1. The van der Waals surface area contributed by atoms with Crippen molar-refractivity contribution in [2.24, 2.45) is 5.92 Å². The van der Waals surface area contributed by atoms with Gasteiger partial charge in [0.15, 0.2) is 5.69 Å². The lowest BCUT2D eigenvalue weighted by atomic mass is 10.1. The highest BCUT2D eigenvalue weighted by molar-refractivity contribution is 6.11. The van der Waals surface area contributed by atoms with Crippen molar-refractivity contribution in [3.8, 4) is 0 Å². The number of ether oxygens (including phenoxy) is 2. The van der Waals surface area contributed by atoms with E-state index in [1.54, 1.807) is 18.7 Å². The molecule has 3 heterocycles. The third kappa shape index (κ3) is 5.24. The van der Waals surface area contributed by atoms with Crippen LogP contribution in [0.5, 0.6) is 0 Å². The molecule has 0 radical (unpaired) electrons. The van der Waals surface area contributed by atoms with Crippen molar-refractivity contribution in [2.75, 3.05) is 31.5 Å². The van der Waals surface area contributed by atoms with Crippen molar-refractivity contribution >= 4 is 34.3 Å². The average Bonchev–Trinajstić information content (AvgIpc) is 3.36. The fraction of sp³-hybridized carbons (Fsp3) is 0.409. The average molecular weight is 428 g/mol. The maximum absolute atomic E-state index is 12.7. The highest BCUT2D eigenvalue weighted by Crippen LogP contribution is 2.33. The number of aromatic nitrogens is 2. The first-order chi connectivity index (χ1) is 14.9. The van der Waals surface area contributed by atoms with E-state index in [1.807, 2.05) is 16.7 Å². The Morgan fingerprint density at radius 1 is 1.29 bits per heavy atom. The highest BCUT2D eigenvalue weighted by Gasteiger charge is 2.26. The molecule has 9 nitrogen and oxygen atoms in total. The van der Waals surface area contributed by atoms with Gasteiger partial charge in [-0.05, 0) is 24.5 Å². The monoisotopic (exact) mass is 428 g/mol. The topological polar surface area (TPSA) is 108 Å². The summed E-state index contributed by atoms with van der Waals surface area (Å²) in [6.45, 7) is 5.19. The number of methoxy groups -OCH3 is 2. The van der Waals surface area contributed by atoms with E-state index in [-0.39, 0.29) is 18.2 Å². The summed E-state index contributed by atoms with van der Waals surface area (Å²) in [4.78, 5) is 29.6. The van der Waals surface area contributed by atoms with Gasteiger partial charge in [-0.15, -0.1) is 0 Å². The van der Waals surface area contributed by atoms with Gasteiger partial charge in [0, 0.05) is 31.1 Å². The van der Waals surface area contributed by atoms with E-state index in [2.05, 4.69) is 29.5 Å². The molecule has 0 saturated heterocycles. The van der Waals surface area contributed by atoms with Gasteiger partial charge < -0.3 is 29.1 Å². The first kappa shape index (κ1) is 22.4. The van der Waals surface area contributed by atoms with Crippen LogP contribution >= 0.6 is 0 Å². The van der Waals surface area contributed by atoms with E-state index >= 15 is 0 Å². The summed E-state index contributed by atoms with van der Waals surface area (Å²) in [5.41, 5.74) is 2.96. The molecule has 0 unspecified atom stereocenters. The molecule has 31 heavy (non-hydrogen) atoms. The number of hydrogen-bond donors (Lipinski definition) is 2. The van der Waals surface area contributed by atoms with Crippen molar-refractivity contribution in [2.45, 2.75) is 33.4 Å². The van der Waals surface area contributed by atoms with Crippen molar-refractivity contribution in [1.82, 2.24) is 9.55 Å². The molecule has 3 aromatic rings. The van der Waals surface area contributed by atoms with Gasteiger partial charge in [0.2, 0.25) is 5.91 Å². The molecule has 0 aromatic carbocycles. The molecular formula is C22H28N4O5. The lowest BCUT2D eigenvalue weighted by molar-refractivity contribution is -0.119. The number of carbonyl (C=O) groups is 2.